The molecule has 0 bridgehead atoms. The minimum absolute atomic E-state index is 0.106. The molecule has 0 saturated carbocycles. The number of nitrogens with zero attached hydrogens (tertiary/aromatic N) is 1. The van der Waals surface area contributed by atoms with Gasteiger partial charge in [0.1, 0.15) is 0 Å². The molecule has 4 unspecified atom stereocenters. The van der Waals surface area contributed by atoms with Gasteiger partial charge in [0.2, 0.25) is 0 Å². The van der Waals surface area contributed by atoms with Crippen LogP contribution in [-0.4, -0.2) is 38.4 Å². The minimum atomic E-state index is -0.106. The monoisotopic (exact) mass is 789 g/mol. The molecule has 1 aliphatic heterocycles. The predicted molar refractivity (Wildman–Crippen MR) is 246 cm³/mol. The first kappa shape index (κ1) is 29.1. The molecule has 14 aromatic rings. The Hall–Kier alpha value is -5.14. The summed E-state index contributed by atoms with van der Waals surface area (Å²) in [5.41, 5.74) is 8.25. The van der Waals surface area contributed by atoms with Crippen molar-refractivity contribution in [2.45, 2.75) is 36.8 Å². The van der Waals surface area contributed by atoms with Crippen LogP contribution >= 0.6 is 22.7 Å². The number of likely N-dealkylation sites (tertiary alicyclic amines) is 1. The van der Waals surface area contributed by atoms with E-state index < -0.39 is 0 Å². The van der Waals surface area contributed by atoms with Crippen molar-refractivity contribution in [2.24, 2.45) is 5.92 Å². The van der Waals surface area contributed by atoms with E-state index in [1.54, 1.807) is 137 Å². The molecule has 3 nitrogen and oxygen atoms in total. The highest BCUT2D eigenvalue weighted by molar-refractivity contribution is 7.10. The fraction of sp³-hybridized carbons (Fsp3) is 0.222. The van der Waals surface area contributed by atoms with Gasteiger partial charge in [-0.2, -0.15) is 0 Å². The molecule has 1 spiro atoms. The number of benzene rings is 8. The first-order valence-electron chi connectivity index (χ1n) is 21.7. The molecular formula is C54H31NO2S2. The number of thiophene rings is 2. The van der Waals surface area contributed by atoms with E-state index in [1.807, 2.05) is 22.7 Å². The first-order chi connectivity index (χ1) is 29.3. The van der Waals surface area contributed by atoms with Crippen LogP contribution in [0.3, 0.4) is 0 Å². The van der Waals surface area contributed by atoms with Gasteiger partial charge in [-0.3, -0.25) is 4.90 Å². The maximum Gasteiger partial charge on any atom is 0.0700 e. The third-order valence-electron chi connectivity index (χ3n) is 17.6. The van der Waals surface area contributed by atoms with Crippen molar-refractivity contribution in [3.63, 3.8) is 0 Å². The molecule has 3 heterocycles. The van der Waals surface area contributed by atoms with Crippen LogP contribution in [0, 0.1) is 5.92 Å². The van der Waals surface area contributed by atoms with Crippen LogP contribution in [0.15, 0.2) is 65.4 Å². The highest BCUT2D eigenvalue weighted by Crippen LogP contribution is 2.73. The van der Waals surface area contributed by atoms with Gasteiger partial charge in [0.25, 0.3) is 0 Å². The summed E-state index contributed by atoms with van der Waals surface area (Å²) in [6, 6.07) is 23.2. The van der Waals surface area contributed by atoms with Crippen LogP contribution in [0.5, 0.6) is 0 Å². The SMILES string of the molecule is COCCOCCN1C(c2cccs2)C2C3=c4c5c6c7c(cc8cc9cc%10cc%11cc%12c%13c(c4c4c5c5c7c8c7c9c%10c8c%11c%13c4c8c75)=C(C3)C%12)CC62C1c1cccs1. The van der Waals surface area contributed by atoms with E-state index >= 15 is 0 Å². The number of fused-ring (bicyclic) bond motifs is 1. The number of methoxy groups -OCH3 is 1. The molecule has 2 aromatic heterocycles. The summed E-state index contributed by atoms with van der Waals surface area (Å²) in [6.45, 7) is 2.85. The van der Waals surface area contributed by atoms with E-state index in [0.29, 0.717) is 25.7 Å². The molecular weight excluding hydrogens is 759 g/mol. The molecule has 276 valence electrons. The van der Waals surface area contributed by atoms with Gasteiger partial charge in [-0.05, 0) is 206 Å². The van der Waals surface area contributed by atoms with Crippen molar-refractivity contribution in [2.75, 3.05) is 33.5 Å². The van der Waals surface area contributed by atoms with Crippen molar-refractivity contribution in [1.82, 2.24) is 4.90 Å². The zero-order chi connectivity index (χ0) is 37.3. The Balaban J connectivity index is 1.10. The topological polar surface area (TPSA) is 21.7 Å². The van der Waals surface area contributed by atoms with Gasteiger partial charge in [0.05, 0.1) is 31.9 Å². The number of rotatable bonds is 8. The van der Waals surface area contributed by atoms with Gasteiger partial charge < -0.3 is 9.47 Å². The summed E-state index contributed by atoms with van der Waals surface area (Å²) < 4.78 is 11.9. The number of hydrogen-bond acceptors (Lipinski definition) is 5. The van der Waals surface area contributed by atoms with E-state index in [-0.39, 0.29) is 17.5 Å². The third kappa shape index (κ3) is 2.57. The van der Waals surface area contributed by atoms with Crippen molar-refractivity contribution in [3.05, 3.63) is 102 Å². The number of hydrogen-bond donors (Lipinski definition) is 0. The van der Waals surface area contributed by atoms with Crippen LogP contribution in [0.25, 0.3) is 130 Å². The normalized spacial score (nSPS) is 24.0. The van der Waals surface area contributed by atoms with E-state index in [9.17, 15) is 0 Å². The Bertz CT molecular complexity index is 4310. The first-order valence-corrected chi connectivity index (χ1v) is 23.4. The lowest BCUT2D eigenvalue weighted by Crippen LogP contribution is -2.43. The quantitative estimate of drug-likeness (QED) is 0.113. The highest BCUT2D eigenvalue weighted by Gasteiger charge is 2.66. The van der Waals surface area contributed by atoms with Crippen LogP contribution in [0.1, 0.15) is 44.9 Å². The molecule has 0 amide bonds. The van der Waals surface area contributed by atoms with Crippen LogP contribution in [0.2, 0.25) is 0 Å². The summed E-state index contributed by atoms with van der Waals surface area (Å²) in [7, 11) is 1.78. The van der Waals surface area contributed by atoms with Crippen molar-refractivity contribution in [3.8, 4) is 0 Å². The summed E-state index contributed by atoms with van der Waals surface area (Å²) in [6.07, 6.45) is 3.26. The van der Waals surface area contributed by atoms with Crippen molar-refractivity contribution in [1.29, 1.82) is 0 Å². The Morgan fingerprint density at radius 2 is 1.20 bits per heavy atom. The molecule has 0 radical (unpaired) electrons. The lowest BCUT2D eigenvalue weighted by Gasteiger charge is -2.43. The Morgan fingerprint density at radius 1 is 0.593 bits per heavy atom. The largest absolute Gasteiger partial charge is 0.382 e. The smallest absolute Gasteiger partial charge is 0.0700 e. The van der Waals surface area contributed by atoms with Crippen LogP contribution in [0.4, 0.5) is 0 Å². The van der Waals surface area contributed by atoms with Gasteiger partial charge in [-0.25, -0.2) is 0 Å². The number of ether oxygens (including phenoxy) is 2. The Morgan fingerprint density at radius 3 is 1.92 bits per heavy atom. The van der Waals surface area contributed by atoms with Crippen molar-refractivity contribution >= 4 is 152 Å². The minimum Gasteiger partial charge on any atom is -0.382 e. The molecule has 4 aliphatic carbocycles. The average molecular weight is 790 g/mol. The maximum atomic E-state index is 6.42. The lowest BCUT2D eigenvalue weighted by atomic mass is 9.59. The summed E-state index contributed by atoms with van der Waals surface area (Å²) >= 11 is 3.96. The summed E-state index contributed by atoms with van der Waals surface area (Å²) in [5, 5.41) is 42.6. The summed E-state index contributed by atoms with van der Waals surface area (Å²) in [5.74, 6) is 0.350. The second-order valence-corrected chi connectivity index (χ2v) is 21.3. The predicted octanol–water partition coefficient (Wildman–Crippen LogP) is 11.6. The molecule has 5 aliphatic rings. The second kappa shape index (κ2) is 8.70. The molecule has 0 N–H and O–H groups in total. The van der Waals surface area contributed by atoms with Gasteiger partial charge >= 0.3 is 0 Å². The lowest BCUT2D eigenvalue weighted by molar-refractivity contribution is 0.0453. The van der Waals surface area contributed by atoms with Crippen molar-refractivity contribution < 1.29 is 9.47 Å². The zero-order valence-electron chi connectivity index (χ0n) is 32.1. The standard InChI is InChI=1S/C54H31NO2S2/c1-56-8-9-57-7-6-55-52(28-4-2-10-58-28)50-27-18-25-16-22-14-23-13-20-12-21-15-24-17-26-19-54(50,53(55)29-5-3-11-59-29)51-36(26)41-35(24)40-31(21)30(20)38-34(23)39-32(22)33(25)42-37(27)49(51)48-46(41)44(40)43(38)45(39)47(42)48/h2-5,10-15,17,50,52-53H,6-9,16,18-19H2,1H3. The van der Waals surface area contributed by atoms with Gasteiger partial charge in [-0.15, -0.1) is 22.7 Å². The molecule has 1 fully saturated rings. The molecule has 5 heteroatoms. The van der Waals surface area contributed by atoms with Gasteiger partial charge in [-0.1, -0.05) is 35.4 Å². The molecule has 12 aromatic carbocycles. The average Bonchev–Trinajstić information content (AvgIpc) is 4.09. The second-order valence-electron chi connectivity index (χ2n) is 19.4. The van der Waals surface area contributed by atoms with Gasteiger partial charge in [0, 0.05) is 34.7 Å². The molecule has 4 atom stereocenters. The summed E-state index contributed by atoms with van der Waals surface area (Å²) in [4.78, 5) is 5.99. The molecule has 1 saturated heterocycles. The molecule has 19 rings (SSSR count). The highest BCUT2D eigenvalue weighted by atomic mass is 32.1. The fourth-order valence-corrected chi connectivity index (χ4v) is 18.3. The van der Waals surface area contributed by atoms with Gasteiger partial charge in [0.15, 0.2) is 0 Å². The van der Waals surface area contributed by atoms with E-state index in [4.69, 9.17) is 9.47 Å². The van der Waals surface area contributed by atoms with Crippen LogP contribution in [-0.2, 0) is 27.7 Å². The van der Waals surface area contributed by atoms with E-state index in [2.05, 4.69) is 70.3 Å². The zero-order valence-corrected chi connectivity index (χ0v) is 33.7. The van der Waals surface area contributed by atoms with Crippen LogP contribution < -0.4 is 10.4 Å². The maximum absolute atomic E-state index is 6.42. The Labute approximate surface area is 343 Å². The van der Waals surface area contributed by atoms with E-state index in [1.165, 1.54) is 36.7 Å². The Kier molecular flexibility index (Phi) is 4.30. The molecule has 59 heavy (non-hydrogen) atoms. The fourth-order valence-electron chi connectivity index (χ4n) is 16.5. The third-order valence-corrected chi connectivity index (χ3v) is 19.4. The van der Waals surface area contributed by atoms with E-state index in [0.717, 1.165) is 25.8 Å².